The van der Waals surface area contributed by atoms with Crippen LogP contribution in [-0.4, -0.2) is 0 Å². The van der Waals surface area contributed by atoms with Crippen LogP contribution in [0.3, 0.4) is 0 Å². The molecule has 0 bridgehead atoms. The number of unbranched alkanes of at least 4 members (excludes halogenated alkanes) is 2. The molecule has 0 aliphatic heterocycles. The number of rotatable bonds is 10. The summed E-state index contributed by atoms with van der Waals surface area (Å²) < 4.78 is 0. The van der Waals surface area contributed by atoms with Crippen molar-refractivity contribution in [2.45, 2.75) is 122 Å². The molecule has 4 rings (SSSR count). The van der Waals surface area contributed by atoms with Gasteiger partial charge >= 0.3 is 0 Å². The lowest BCUT2D eigenvalue weighted by Crippen LogP contribution is -2.15. The molecular weight excluding hydrogens is 432 g/mol. The molecule has 0 heterocycles. The van der Waals surface area contributed by atoms with Crippen LogP contribution in [0.4, 0.5) is 0 Å². The molecule has 0 radical (unpaired) electrons. The predicted octanol–water partition coefficient (Wildman–Crippen LogP) is 10.5. The van der Waals surface area contributed by atoms with E-state index in [9.17, 15) is 0 Å². The molecule has 2 aliphatic rings. The Morgan fingerprint density at radius 2 is 1.08 bits per heavy atom. The van der Waals surface area contributed by atoms with Crippen molar-refractivity contribution in [2.75, 3.05) is 0 Å². The monoisotopic (exact) mass is 482 g/mol. The van der Waals surface area contributed by atoms with E-state index in [0.717, 1.165) is 34.8 Å². The fourth-order valence-electron chi connectivity index (χ4n) is 6.79. The van der Waals surface area contributed by atoms with Crippen molar-refractivity contribution < 1.29 is 0 Å². The Labute approximate surface area is 222 Å². The van der Waals surface area contributed by atoms with Gasteiger partial charge in [0, 0.05) is 11.1 Å². The summed E-state index contributed by atoms with van der Waals surface area (Å²) in [5.74, 6) is 10.5. The molecule has 2 fully saturated rings. The van der Waals surface area contributed by atoms with Crippen LogP contribution in [0.2, 0.25) is 0 Å². The molecule has 2 aromatic rings. The van der Waals surface area contributed by atoms with E-state index in [1.54, 1.807) is 0 Å². The summed E-state index contributed by atoms with van der Waals surface area (Å²) in [6.07, 6.45) is 22.5. The first-order valence-corrected chi connectivity index (χ1v) is 15.4. The van der Waals surface area contributed by atoms with Crippen molar-refractivity contribution >= 4 is 0 Å². The van der Waals surface area contributed by atoms with Gasteiger partial charge in [0.1, 0.15) is 0 Å². The summed E-state index contributed by atoms with van der Waals surface area (Å²) in [5, 5.41) is 0. The maximum atomic E-state index is 3.39. The van der Waals surface area contributed by atoms with E-state index in [4.69, 9.17) is 0 Å². The molecule has 2 aromatic carbocycles. The maximum Gasteiger partial charge on any atom is 0.0249 e. The third kappa shape index (κ3) is 8.54. The van der Waals surface area contributed by atoms with Crippen LogP contribution < -0.4 is 0 Å². The zero-order valence-electron chi connectivity index (χ0n) is 23.2. The fourth-order valence-corrected chi connectivity index (χ4v) is 6.79. The van der Waals surface area contributed by atoms with E-state index in [1.165, 1.54) is 114 Å². The van der Waals surface area contributed by atoms with Gasteiger partial charge in [-0.1, -0.05) is 114 Å². The highest BCUT2D eigenvalue weighted by Crippen LogP contribution is 2.37. The molecule has 2 saturated carbocycles. The fraction of sp³-hybridized carbons (Fsp3) is 0.611. The summed E-state index contributed by atoms with van der Waals surface area (Å²) in [5.41, 5.74) is 5.26. The third-order valence-corrected chi connectivity index (χ3v) is 9.25. The minimum absolute atomic E-state index is 0.758. The molecule has 0 nitrogen and oxygen atoms in total. The van der Waals surface area contributed by atoms with E-state index in [2.05, 4.69) is 74.2 Å². The number of hydrogen-bond donors (Lipinski definition) is 0. The molecule has 0 heteroatoms. The van der Waals surface area contributed by atoms with Crippen LogP contribution in [0.25, 0.3) is 0 Å². The molecule has 0 atom stereocenters. The summed E-state index contributed by atoms with van der Waals surface area (Å²) in [6, 6.07) is 18.2. The average molecular weight is 483 g/mol. The SMILES string of the molecule is CCCCCC1CCC(CCc2ccc(C#Cc3ccc(C4CCC(CCC)CC4)cc3)cc2)CC1. The Bertz CT molecular complexity index is 922. The Morgan fingerprint density at radius 3 is 1.67 bits per heavy atom. The van der Waals surface area contributed by atoms with Gasteiger partial charge in [-0.05, 0) is 97.6 Å². The Kier molecular flexibility index (Phi) is 11.0. The van der Waals surface area contributed by atoms with Crippen molar-refractivity contribution in [1.82, 2.24) is 0 Å². The number of hydrogen-bond acceptors (Lipinski definition) is 0. The summed E-state index contributed by atoms with van der Waals surface area (Å²) in [7, 11) is 0. The van der Waals surface area contributed by atoms with Crippen molar-refractivity contribution in [3.05, 3.63) is 70.8 Å². The normalized spacial score (nSPS) is 24.2. The number of aryl methyl sites for hydroxylation is 1. The highest BCUT2D eigenvalue weighted by Gasteiger charge is 2.22. The van der Waals surface area contributed by atoms with E-state index < -0.39 is 0 Å². The second-order valence-corrected chi connectivity index (χ2v) is 12.0. The minimum atomic E-state index is 0.758. The molecule has 0 N–H and O–H groups in total. The highest BCUT2D eigenvalue weighted by molar-refractivity contribution is 5.44. The van der Waals surface area contributed by atoms with Crippen LogP contribution in [0.1, 0.15) is 138 Å². The largest absolute Gasteiger partial charge is 0.0654 e. The predicted molar refractivity (Wildman–Crippen MR) is 156 cm³/mol. The van der Waals surface area contributed by atoms with Crippen LogP contribution in [0, 0.1) is 29.6 Å². The second kappa shape index (κ2) is 14.7. The lowest BCUT2D eigenvalue weighted by Gasteiger charge is -2.28. The first kappa shape index (κ1) is 27.0. The van der Waals surface area contributed by atoms with E-state index in [-0.39, 0.29) is 0 Å². The Hall–Kier alpha value is -2.00. The van der Waals surface area contributed by atoms with Crippen LogP contribution in [0.15, 0.2) is 48.5 Å². The van der Waals surface area contributed by atoms with E-state index in [1.807, 2.05) is 0 Å². The van der Waals surface area contributed by atoms with Crippen molar-refractivity contribution in [2.24, 2.45) is 17.8 Å². The zero-order chi connectivity index (χ0) is 25.0. The molecule has 0 spiro atoms. The lowest BCUT2D eigenvalue weighted by molar-refractivity contribution is 0.249. The van der Waals surface area contributed by atoms with Gasteiger partial charge in [0.15, 0.2) is 0 Å². The van der Waals surface area contributed by atoms with Gasteiger partial charge in [0.2, 0.25) is 0 Å². The molecule has 0 amide bonds. The zero-order valence-corrected chi connectivity index (χ0v) is 23.2. The van der Waals surface area contributed by atoms with E-state index in [0.29, 0.717) is 0 Å². The van der Waals surface area contributed by atoms with Gasteiger partial charge in [0.05, 0.1) is 0 Å². The molecule has 0 unspecified atom stereocenters. The van der Waals surface area contributed by atoms with Gasteiger partial charge < -0.3 is 0 Å². The van der Waals surface area contributed by atoms with Gasteiger partial charge in [-0.15, -0.1) is 0 Å². The summed E-state index contributed by atoms with van der Waals surface area (Å²) >= 11 is 0. The van der Waals surface area contributed by atoms with Crippen molar-refractivity contribution in [1.29, 1.82) is 0 Å². The van der Waals surface area contributed by atoms with E-state index >= 15 is 0 Å². The Morgan fingerprint density at radius 1 is 0.556 bits per heavy atom. The first-order valence-electron chi connectivity index (χ1n) is 15.4. The van der Waals surface area contributed by atoms with Gasteiger partial charge in [0.25, 0.3) is 0 Å². The first-order chi connectivity index (χ1) is 17.7. The summed E-state index contributed by atoms with van der Waals surface area (Å²) in [6.45, 7) is 4.63. The molecular formula is C36H50. The average Bonchev–Trinajstić information content (AvgIpc) is 2.93. The lowest BCUT2D eigenvalue weighted by atomic mass is 9.77. The van der Waals surface area contributed by atoms with Gasteiger partial charge in [-0.3, -0.25) is 0 Å². The third-order valence-electron chi connectivity index (χ3n) is 9.25. The minimum Gasteiger partial charge on any atom is -0.0654 e. The van der Waals surface area contributed by atoms with Crippen molar-refractivity contribution in [3.63, 3.8) is 0 Å². The molecule has 0 saturated heterocycles. The van der Waals surface area contributed by atoms with Crippen LogP contribution >= 0.6 is 0 Å². The van der Waals surface area contributed by atoms with Crippen molar-refractivity contribution in [3.8, 4) is 11.8 Å². The second-order valence-electron chi connectivity index (χ2n) is 12.0. The molecule has 36 heavy (non-hydrogen) atoms. The molecule has 194 valence electrons. The Balaban J connectivity index is 1.19. The quantitative estimate of drug-likeness (QED) is 0.233. The van der Waals surface area contributed by atoms with Crippen LogP contribution in [-0.2, 0) is 6.42 Å². The van der Waals surface area contributed by atoms with Crippen LogP contribution in [0.5, 0.6) is 0 Å². The topological polar surface area (TPSA) is 0 Å². The highest BCUT2D eigenvalue weighted by atomic mass is 14.3. The summed E-state index contributed by atoms with van der Waals surface area (Å²) in [4.78, 5) is 0. The molecule has 2 aliphatic carbocycles. The molecule has 0 aromatic heterocycles. The van der Waals surface area contributed by atoms with Gasteiger partial charge in [-0.2, -0.15) is 0 Å². The standard InChI is InChI=1S/C36H50/c1-3-5-6-8-30-9-11-31(12-10-30)13-14-32-15-17-33(18-16-32)19-20-34-23-27-36(28-24-34)35-25-21-29(7-4-2)22-26-35/h15-18,23-24,27-31,35H,3-14,21-22,25-26H2,1-2H3. The van der Waals surface area contributed by atoms with Gasteiger partial charge in [-0.25, -0.2) is 0 Å². The maximum absolute atomic E-state index is 3.39. The smallest absolute Gasteiger partial charge is 0.0249 e. The number of benzene rings is 2.